The van der Waals surface area contributed by atoms with Gasteiger partial charge in [0.2, 0.25) is 0 Å². The van der Waals surface area contributed by atoms with Crippen LogP contribution < -0.4 is 5.73 Å². The minimum atomic E-state index is -0.170. The van der Waals surface area contributed by atoms with Crippen LogP contribution in [0.15, 0.2) is 0 Å². The van der Waals surface area contributed by atoms with Crippen LogP contribution in [0.5, 0.6) is 0 Å². The van der Waals surface area contributed by atoms with Gasteiger partial charge in [0, 0.05) is 12.1 Å². The van der Waals surface area contributed by atoms with E-state index in [2.05, 4.69) is 20.8 Å². The molecule has 1 rings (SSSR count). The highest BCUT2D eigenvalue weighted by atomic mass is 16.3. The fourth-order valence-electron chi connectivity index (χ4n) is 3.61. The van der Waals surface area contributed by atoms with Gasteiger partial charge in [0.05, 0.1) is 0 Å². The normalized spacial score (nSPS) is 33.0. The van der Waals surface area contributed by atoms with Crippen molar-refractivity contribution in [2.45, 2.75) is 64.8 Å². The Morgan fingerprint density at radius 2 is 2.07 bits per heavy atom. The van der Waals surface area contributed by atoms with Crippen LogP contribution in [0.3, 0.4) is 0 Å². The summed E-state index contributed by atoms with van der Waals surface area (Å²) >= 11 is 0. The Morgan fingerprint density at radius 1 is 1.40 bits per heavy atom. The van der Waals surface area contributed by atoms with E-state index in [0.29, 0.717) is 5.92 Å². The van der Waals surface area contributed by atoms with Gasteiger partial charge in [0.25, 0.3) is 0 Å². The van der Waals surface area contributed by atoms with Crippen LogP contribution in [-0.2, 0) is 0 Å². The zero-order valence-electron chi connectivity index (χ0n) is 10.6. The highest BCUT2D eigenvalue weighted by molar-refractivity contribution is 5.02. The quantitative estimate of drug-likeness (QED) is 0.754. The molecule has 0 spiro atoms. The van der Waals surface area contributed by atoms with Gasteiger partial charge in [-0.05, 0) is 44.4 Å². The van der Waals surface area contributed by atoms with Crippen LogP contribution in [-0.4, -0.2) is 17.3 Å². The number of aliphatic hydroxyl groups is 1. The second-order valence-corrected chi connectivity index (χ2v) is 5.70. The molecule has 0 aromatic heterocycles. The first kappa shape index (κ1) is 13.0. The first-order chi connectivity index (χ1) is 6.98. The van der Waals surface area contributed by atoms with Crippen molar-refractivity contribution >= 4 is 0 Å². The predicted molar refractivity (Wildman–Crippen MR) is 64.7 cm³/mol. The monoisotopic (exact) mass is 213 g/mol. The van der Waals surface area contributed by atoms with Gasteiger partial charge in [-0.3, -0.25) is 0 Å². The molecule has 1 aliphatic rings. The van der Waals surface area contributed by atoms with Crippen molar-refractivity contribution in [3.8, 4) is 0 Å². The molecule has 2 heteroatoms. The molecule has 0 aromatic rings. The zero-order chi connectivity index (χ0) is 11.5. The maximum absolute atomic E-state index is 9.30. The van der Waals surface area contributed by atoms with Gasteiger partial charge in [0.15, 0.2) is 0 Å². The van der Waals surface area contributed by atoms with Gasteiger partial charge in [-0.1, -0.05) is 26.2 Å². The van der Waals surface area contributed by atoms with Gasteiger partial charge in [-0.15, -0.1) is 0 Å². The summed E-state index contributed by atoms with van der Waals surface area (Å²) in [7, 11) is 0. The van der Waals surface area contributed by atoms with E-state index in [0.717, 1.165) is 6.42 Å². The summed E-state index contributed by atoms with van der Waals surface area (Å²) in [4.78, 5) is 0. The molecule has 2 atom stereocenters. The van der Waals surface area contributed by atoms with Crippen molar-refractivity contribution in [2.24, 2.45) is 17.1 Å². The maximum Gasteiger partial charge on any atom is 0.0437 e. The van der Waals surface area contributed by atoms with Gasteiger partial charge in [-0.2, -0.15) is 0 Å². The fraction of sp³-hybridized carbons (Fsp3) is 1.00. The van der Waals surface area contributed by atoms with Gasteiger partial charge in [0.1, 0.15) is 0 Å². The molecule has 0 saturated heterocycles. The number of nitrogens with two attached hydrogens (primary N) is 1. The molecule has 90 valence electrons. The van der Waals surface area contributed by atoms with E-state index >= 15 is 0 Å². The van der Waals surface area contributed by atoms with E-state index < -0.39 is 0 Å². The van der Waals surface area contributed by atoms with E-state index in [9.17, 15) is 5.11 Å². The molecular formula is C13H27NO. The van der Waals surface area contributed by atoms with E-state index in [-0.39, 0.29) is 17.6 Å². The molecule has 0 radical (unpaired) electrons. The molecule has 1 fully saturated rings. The highest BCUT2D eigenvalue weighted by Gasteiger charge is 2.47. The first-order valence-electron chi connectivity index (χ1n) is 6.37. The molecule has 1 aliphatic carbocycles. The zero-order valence-corrected chi connectivity index (χ0v) is 10.6. The smallest absolute Gasteiger partial charge is 0.0437 e. The third kappa shape index (κ3) is 2.36. The number of aliphatic hydroxyl groups excluding tert-OH is 1. The second-order valence-electron chi connectivity index (χ2n) is 5.70. The summed E-state index contributed by atoms with van der Waals surface area (Å²) in [6.45, 7) is 6.80. The molecule has 15 heavy (non-hydrogen) atoms. The Balaban J connectivity index is 2.94. The Kier molecular flexibility index (Phi) is 4.19. The van der Waals surface area contributed by atoms with Gasteiger partial charge < -0.3 is 10.8 Å². The molecule has 1 saturated carbocycles. The lowest BCUT2D eigenvalue weighted by molar-refractivity contribution is -0.00581. The van der Waals surface area contributed by atoms with Crippen molar-refractivity contribution < 1.29 is 5.11 Å². The van der Waals surface area contributed by atoms with Crippen LogP contribution >= 0.6 is 0 Å². The molecule has 2 unspecified atom stereocenters. The number of hydrogen-bond acceptors (Lipinski definition) is 2. The van der Waals surface area contributed by atoms with Crippen LogP contribution in [0.2, 0.25) is 0 Å². The molecule has 3 N–H and O–H groups in total. The van der Waals surface area contributed by atoms with Crippen LogP contribution in [0, 0.1) is 11.3 Å². The average Bonchev–Trinajstić information content (AvgIpc) is 2.17. The number of rotatable bonds is 4. The summed E-state index contributed by atoms with van der Waals surface area (Å²) in [6, 6.07) is 0. The summed E-state index contributed by atoms with van der Waals surface area (Å²) in [5, 5.41) is 9.30. The Morgan fingerprint density at radius 3 is 2.53 bits per heavy atom. The summed E-state index contributed by atoms with van der Waals surface area (Å²) < 4.78 is 0. The molecule has 0 bridgehead atoms. The predicted octanol–water partition coefficient (Wildman–Crippen LogP) is 2.69. The molecule has 0 aromatic carbocycles. The van der Waals surface area contributed by atoms with Crippen molar-refractivity contribution in [1.29, 1.82) is 0 Å². The van der Waals surface area contributed by atoms with E-state index in [1.165, 1.54) is 32.1 Å². The maximum atomic E-state index is 9.30. The van der Waals surface area contributed by atoms with E-state index in [1.54, 1.807) is 0 Å². The molecule has 2 nitrogen and oxygen atoms in total. The SMILES string of the molecule is CCC1CCCCC1(CCO)C(C)(C)N. The Bertz CT molecular complexity index is 193. The van der Waals surface area contributed by atoms with Crippen LogP contribution in [0.1, 0.15) is 59.3 Å². The van der Waals surface area contributed by atoms with Gasteiger partial charge in [-0.25, -0.2) is 0 Å². The molecule has 0 amide bonds. The molecular weight excluding hydrogens is 186 g/mol. The fourth-order valence-corrected chi connectivity index (χ4v) is 3.61. The van der Waals surface area contributed by atoms with Gasteiger partial charge >= 0.3 is 0 Å². The summed E-state index contributed by atoms with van der Waals surface area (Å²) in [5.41, 5.74) is 6.38. The summed E-state index contributed by atoms with van der Waals surface area (Å²) in [6.07, 6.45) is 7.15. The standard InChI is InChI=1S/C13H27NO/c1-4-11-7-5-6-8-13(11,9-10-15)12(2,3)14/h11,15H,4-10,14H2,1-3H3. The summed E-state index contributed by atoms with van der Waals surface area (Å²) in [5.74, 6) is 0.693. The molecule has 0 aliphatic heterocycles. The van der Waals surface area contributed by atoms with Crippen molar-refractivity contribution in [3.63, 3.8) is 0 Å². The van der Waals surface area contributed by atoms with E-state index in [4.69, 9.17) is 5.73 Å². The van der Waals surface area contributed by atoms with Crippen LogP contribution in [0.25, 0.3) is 0 Å². The lowest BCUT2D eigenvalue weighted by Gasteiger charge is -2.52. The topological polar surface area (TPSA) is 46.2 Å². The Hall–Kier alpha value is -0.0800. The largest absolute Gasteiger partial charge is 0.396 e. The highest BCUT2D eigenvalue weighted by Crippen LogP contribution is 2.51. The van der Waals surface area contributed by atoms with Crippen molar-refractivity contribution in [1.82, 2.24) is 0 Å². The third-order valence-corrected chi connectivity index (χ3v) is 4.54. The Labute approximate surface area is 94.2 Å². The van der Waals surface area contributed by atoms with Crippen molar-refractivity contribution in [3.05, 3.63) is 0 Å². The average molecular weight is 213 g/mol. The minimum absolute atomic E-state index is 0.161. The lowest BCUT2D eigenvalue weighted by atomic mass is 9.55. The van der Waals surface area contributed by atoms with E-state index in [1.807, 2.05) is 0 Å². The third-order valence-electron chi connectivity index (χ3n) is 4.54. The second kappa shape index (κ2) is 4.84. The first-order valence-corrected chi connectivity index (χ1v) is 6.37. The van der Waals surface area contributed by atoms with Crippen LogP contribution in [0.4, 0.5) is 0 Å². The lowest BCUT2D eigenvalue weighted by Crippen LogP contribution is -2.56. The van der Waals surface area contributed by atoms with Crippen molar-refractivity contribution in [2.75, 3.05) is 6.61 Å². The number of hydrogen-bond donors (Lipinski definition) is 2. The molecule has 0 heterocycles. The minimum Gasteiger partial charge on any atom is -0.396 e.